The van der Waals surface area contributed by atoms with Gasteiger partial charge in [-0.2, -0.15) is 0 Å². The minimum Gasteiger partial charge on any atom is -0.0856 e. The fraction of sp³-hybridized carbons (Fsp3) is 0.450. The Labute approximate surface area is 248 Å². The molecule has 1 aliphatic carbocycles. The van der Waals surface area contributed by atoms with Crippen molar-refractivity contribution in [1.29, 1.82) is 0 Å². The van der Waals surface area contributed by atoms with E-state index in [2.05, 4.69) is 154 Å². The maximum atomic E-state index is 2.40. The van der Waals surface area contributed by atoms with E-state index in [9.17, 15) is 0 Å². The van der Waals surface area contributed by atoms with E-state index >= 15 is 0 Å². The van der Waals surface area contributed by atoms with Gasteiger partial charge in [0.2, 0.25) is 0 Å². The Balaban J connectivity index is 2.52. The highest BCUT2D eigenvalue weighted by Gasteiger charge is 2.26. The molecular weight excluding hydrogens is 480 g/mol. The van der Waals surface area contributed by atoms with Crippen molar-refractivity contribution in [2.45, 2.75) is 114 Å². The van der Waals surface area contributed by atoms with E-state index in [4.69, 9.17) is 0 Å². The van der Waals surface area contributed by atoms with Gasteiger partial charge in [-0.15, -0.1) is 0 Å². The van der Waals surface area contributed by atoms with Crippen LogP contribution >= 0.6 is 0 Å². The van der Waals surface area contributed by atoms with Gasteiger partial charge in [-0.05, 0) is 111 Å². The van der Waals surface area contributed by atoms with Crippen LogP contribution < -0.4 is 0 Å². The number of hydrogen-bond donors (Lipinski definition) is 0. The third-order valence-electron chi connectivity index (χ3n) is 7.47. The lowest BCUT2D eigenvalue weighted by molar-refractivity contribution is 0.377. The smallest absolute Gasteiger partial charge is 0.0104 e. The molecule has 0 amide bonds. The summed E-state index contributed by atoms with van der Waals surface area (Å²) in [6, 6.07) is 0. The van der Waals surface area contributed by atoms with Gasteiger partial charge in [0.25, 0.3) is 0 Å². The van der Waals surface area contributed by atoms with Crippen LogP contribution in [-0.2, 0) is 0 Å². The van der Waals surface area contributed by atoms with Crippen LogP contribution in [0.3, 0.4) is 0 Å². The molecule has 0 heterocycles. The molecule has 0 fully saturated rings. The average Bonchev–Trinajstić information content (AvgIpc) is 2.85. The summed E-state index contributed by atoms with van der Waals surface area (Å²) in [5.74, 6) is 0. The fourth-order valence-electron chi connectivity index (χ4n) is 4.84. The Bertz CT molecular complexity index is 1130. The average molecular weight is 539 g/mol. The Morgan fingerprint density at radius 3 is 1.77 bits per heavy atom. The zero-order valence-corrected chi connectivity index (χ0v) is 27.5. The van der Waals surface area contributed by atoms with Gasteiger partial charge in [-0.3, -0.25) is 0 Å². The molecule has 1 rings (SSSR count). The Morgan fingerprint density at radius 2 is 1.18 bits per heavy atom. The van der Waals surface area contributed by atoms with Gasteiger partial charge in [0.1, 0.15) is 0 Å². The van der Waals surface area contributed by atoms with Crippen molar-refractivity contribution in [3.63, 3.8) is 0 Å². The van der Waals surface area contributed by atoms with Crippen LogP contribution in [0.4, 0.5) is 0 Å². The largest absolute Gasteiger partial charge is 0.0856 e. The molecule has 0 aromatic carbocycles. The monoisotopic (exact) mass is 538 g/mol. The van der Waals surface area contributed by atoms with Crippen molar-refractivity contribution < 1.29 is 0 Å². The van der Waals surface area contributed by atoms with Crippen molar-refractivity contribution >= 4 is 0 Å². The molecule has 0 N–H and O–H groups in total. The molecule has 0 aromatic rings. The summed E-state index contributed by atoms with van der Waals surface area (Å²) in [6.45, 7) is 22.3. The maximum Gasteiger partial charge on any atom is -0.0104 e. The number of rotatable bonds is 14. The lowest BCUT2D eigenvalue weighted by atomic mass is 9.72. The van der Waals surface area contributed by atoms with Crippen LogP contribution in [0.25, 0.3) is 0 Å². The number of allylic oxidation sites excluding steroid dienone is 22. The van der Waals surface area contributed by atoms with Crippen LogP contribution in [0, 0.1) is 5.41 Å². The van der Waals surface area contributed by atoms with Crippen LogP contribution in [0.1, 0.15) is 114 Å². The Hall–Kier alpha value is -2.86. The van der Waals surface area contributed by atoms with E-state index in [1.54, 1.807) is 5.57 Å². The van der Waals surface area contributed by atoms with Gasteiger partial charge in [-0.1, -0.05) is 138 Å². The Morgan fingerprint density at radius 1 is 0.650 bits per heavy atom. The first-order chi connectivity index (χ1) is 18.9. The first-order valence-electron chi connectivity index (χ1n) is 15.3. The molecule has 1 aliphatic rings. The molecule has 0 nitrogen and oxygen atoms in total. The van der Waals surface area contributed by atoms with Gasteiger partial charge in [0.05, 0.1) is 0 Å². The molecule has 0 saturated carbocycles. The highest BCUT2D eigenvalue weighted by molar-refractivity contribution is 5.37. The molecular formula is C40H58. The highest BCUT2D eigenvalue weighted by atomic mass is 14.3. The van der Waals surface area contributed by atoms with Crippen molar-refractivity contribution in [2.75, 3.05) is 0 Å². The maximum absolute atomic E-state index is 2.40. The molecule has 0 heteroatoms. The zero-order valence-electron chi connectivity index (χ0n) is 27.5. The summed E-state index contributed by atoms with van der Waals surface area (Å²) in [6.07, 6.45) is 39.3. The van der Waals surface area contributed by atoms with Crippen LogP contribution in [-0.4, -0.2) is 0 Å². The van der Waals surface area contributed by atoms with Crippen molar-refractivity contribution in [2.24, 2.45) is 5.41 Å². The van der Waals surface area contributed by atoms with E-state index in [0.29, 0.717) is 5.41 Å². The molecule has 0 atom stereocenters. The summed E-state index contributed by atoms with van der Waals surface area (Å²) in [4.78, 5) is 0. The van der Waals surface area contributed by atoms with E-state index < -0.39 is 0 Å². The summed E-state index contributed by atoms with van der Waals surface area (Å²) in [5, 5.41) is 0. The second-order valence-electron chi connectivity index (χ2n) is 12.5. The van der Waals surface area contributed by atoms with Crippen LogP contribution in [0.15, 0.2) is 130 Å². The lowest BCUT2D eigenvalue weighted by Gasteiger charge is -2.32. The zero-order chi connectivity index (χ0) is 30.0. The molecule has 0 bridgehead atoms. The van der Waals surface area contributed by atoms with Gasteiger partial charge in [0, 0.05) is 0 Å². The summed E-state index contributed by atoms with van der Waals surface area (Å²) in [5.41, 5.74) is 11.4. The summed E-state index contributed by atoms with van der Waals surface area (Å²) < 4.78 is 0. The van der Waals surface area contributed by atoms with E-state index in [1.165, 1.54) is 64.7 Å². The van der Waals surface area contributed by atoms with Gasteiger partial charge >= 0.3 is 0 Å². The summed E-state index contributed by atoms with van der Waals surface area (Å²) in [7, 11) is 0. The summed E-state index contributed by atoms with van der Waals surface area (Å²) >= 11 is 0. The van der Waals surface area contributed by atoms with Crippen molar-refractivity contribution in [1.82, 2.24) is 0 Å². The fourth-order valence-corrected chi connectivity index (χ4v) is 4.84. The molecule has 0 spiro atoms. The molecule has 0 aromatic heterocycles. The molecule has 0 saturated heterocycles. The lowest BCUT2D eigenvalue weighted by Crippen LogP contribution is -2.19. The third-order valence-corrected chi connectivity index (χ3v) is 7.47. The topological polar surface area (TPSA) is 0 Å². The second-order valence-corrected chi connectivity index (χ2v) is 12.5. The molecule has 0 aliphatic heterocycles. The molecule has 218 valence electrons. The van der Waals surface area contributed by atoms with Gasteiger partial charge in [-0.25, -0.2) is 0 Å². The minimum absolute atomic E-state index is 0.292. The minimum atomic E-state index is 0.292. The predicted molar refractivity (Wildman–Crippen MR) is 184 cm³/mol. The normalized spacial score (nSPS) is 18.3. The van der Waals surface area contributed by atoms with Gasteiger partial charge in [0.15, 0.2) is 0 Å². The van der Waals surface area contributed by atoms with E-state index in [-0.39, 0.29) is 0 Å². The van der Waals surface area contributed by atoms with Crippen molar-refractivity contribution in [3.05, 3.63) is 130 Å². The third kappa shape index (κ3) is 16.3. The first-order valence-corrected chi connectivity index (χ1v) is 15.3. The predicted octanol–water partition coefficient (Wildman–Crippen LogP) is 13.0. The van der Waals surface area contributed by atoms with E-state index in [1.807, 2.05) is 0 Å². The molecule has 0 unspecified atom stereocenters. The second kappa shape index (κ2) is 19.3. The number of hydrogen-bond acceptors (Lipinski definition) is 0. The molecule has 40 heavy (non-hydrogen) atoms. The van der Waals surface area contributed by atoms with Crippen LogP contribution in [0.5, 0.6) is 0 Å². The van der Waals surface area contributed by atoms with Crippen LogP contribution in [0.2, 0.25) is 0 Å². The Kier molecular flexibility index (Phi) is 16.9. The van der Waals surface area contributed by atoms with Gasteiger partial charge < -0.3 is 0 Å². The molecule has 0 radical (unpaired) electrons. The SMILES string of the molecule is CC(C)=CCC/C(C)=C/CC/C(C)=C/C=C/C(C)=C/C=C/C=C(C)/C=C/C=C(C)/C=C/C1=C(C)CCCC1(C)C. The van der Waals surface area contributed by atoms with E-state index in [0.717, 1.165) is 19.3 Å². The van der Waals surface area contributed by atoms with Crippen molar-refractivity contribution in [3.8, 4) is 0 Å². The quantitative estimate of drug-likeness (QED) is 0.152. The first kappa shape index (κ1) is 35.2. The standard InChI is InChI=1S/C40H58/c1-32(2)18-13-21-35(5)24-15-26-36(6)25-14-22-33(3)19-11-12-20-34(4)23-16-27-37(7)29-30-39-38(8)28-17-31-40(39,9)10/h11-12,14,16,18-20,22-25,27,29-30H,13,15,17,21,26,28,31H2,1-10H3/b12-11+,22-14+,23-16+,30-29+,33-19+,34-20+,35-24+,36-25+,37-27+. The highest BCUT2D eigenvalue weighted by Crippen LogP contribution is 2.40.